The molecule has 1 fully saturated rings. The first-order valence-electron chi connectivity index (χ1n) is 5.78. The van der Waals surface area contributed by atoms with E-state index in [9.17, 15) is 10.1 Å². The van der Waals surface area contributed by atoms with Crippen molar-refractivity contribution in [3.8, 4) is 0 Å². The second-order valence-corrected chi connectivity index (χ2v) is 5.91. The van der Waals surface area contributed by atoms with E-state index < -0.39 is 4.92 Å². The number of anilines is 1. The van der Waals surface area contributed by atoms with Gasteiger partial charge in [0.2, 0.25) is 0 Å². The summed E-state index contributed by atoms with van der Waals surface area (Å²) in [4.78, 5) is 16.6. The van der Waals surface area contributed by atoms with Crippen molar-refractivity contribution in [3.05, 3.63) is 27.4 Å². The van der Waals surface area contributed by atoms with Gasteiger partial charge in [0.05, 0.1) is 17.1 Å². The van der Waals surface area contributed by atoms with E-state index in [1.165, 1.54) is 12.1 Å². The van der Waals surface area contributed by atoms with Crippen LogP contribution in [-0.2, 0) is 0 Å². The molecule has 98 valence electrons. The van der Waals surface area contributed by atoms with Crippen LogP contribution in [0.2, 0.25) is 5.15 Å². The molecule has 1 aromatic rings. The number of thioether (sulfide) groups is 1. The molecule has 0 aromatic carbocycles. The molecule has 0 spiro atoms. The molecule has 1 aliphatic rings. The Morgan fingerprint density at radius 3 is 3.11 bits per heavy atom. The average Bonchev–Trinajstić information content (AvgIpc) is 2.38. The maximum Gasteiger partial charge on any atom is 0.276 e. The second kappa shape index (κ2) is 5.75. The summed E-state index contributed by atoms with van der Waals surface area (Å²) in [5.74, 6) is 1.62. The molecule has 1 saturated heterocycles. The maximum absolute atomic E-state index is 10.8. The number of pyridine rings is 1. The first-order valence-corrected chi connectivity index (χ1v) is 7.21. The van der Waals surface area contributed by atoms with Gasteiger partial charge in [-0.2, -0.15) is 11.8 Å². The van der Waals surface area contributed by atoms with Crippen molar-refractivity contribution in [2.24, 2.45) is 0 Å². The minimum absolute atomic E-state index is 0.00345. The number of rotatable bonds is 3. The minimum Gasteiger partial charge on any atom is -0.354 e. The van der Waals surface area contributed by atoms with Gasteiger partial charge in [-0.3, -0.25) is 10.1 Å². The van der Waals surface area contributed by atoms with Crippen molar-refractivity contribution in [2.45, 2.75) is 18.6 Å². The molecule has 1 aromatic heterocycles. The summed E-state index contributed by atoms with van der Waals surface area (Å²) in [6.07, 6.45) is 1.09. The highest BCUT2D eigenvalue weighted by molar-refractivity contribution is 8.00. The summed E-state index contributed by atoms with van der Waals surface area (Å²) in [7, 11) is 0. The van der Waals surface area contributed by atoms with E-state index >= 15 is 0 Å². The normalized spacial score (nSPS) is 19.9. The third kappa shape index (κ3) is 3.05. The Bertz CT molecular complexity index is 458. The lowest BCUT2D eigenvalue weighted by Gasteiger charge is -2.32. The number of nitrogens with zero attached hydrogens (tertiary/aromatic N) is 3. The maximum atomic E-state index is 10.8. The largest absolute Gasteiger partial charge is 0.354 e. The van der Waals surface area contributed by atoms with E-state index in [0.29, 0.717) is 11.1 Å². The predicted molar refractivity (Wildman–Crippen MR) is 74.7 cm³/mol. The van der Waals surface area contributed by atoms with Gasteiger partial charge in [0.15, 0.2) is 0 Å². The molecular formula is C11H14ClN3O2S. The van der Waals surface area contributed by atoms with Crippen molar-refractivity contribution >= 4 is 34.9 Å². The molecule has 18 heavy (non-hydrogen) atoms. The lowest BCUT2D eigenvalue weighted by Crippen LogP contribution is -2.38. The van der Waals surface area contributed by atoms with Crippen LogP contribution in [0.15, 0.2) is 12.1 Å². The Morgan fingerprint density at radius 2 is 2.44 bits per heavy atom. The van der Waals surface area contributed by atoms with Crippen molar-refractivity contribution in [1.29, 1.82) is 0 Å². The number of aromatic nitrogens is 1. The molecule has 5 nitrogen and oxygen atoms in total. The number of nitro groups is 1. The number of halogens is 1. The van der Waals surface area contributed by atoms with Crippen LogP contribution in [-0.4, -0.2) is 34.0 Å². The minimum atomic E-state index is -0.437. The molecule has 0 saturated carbocycles. The molecule has 7 heteroatoms. The standard InChI is InChI=1S/C11H14ClN3O2S/c1-2-9-7-14(3-4-18-9)11-6-8(15(16)17)5-10(12)13-11/h5-6,9H,2-4,7H2,1H3. The van der Waals surface area contributed by atoms with Gasteiger partial charge < -0.3 is 4.90 Å². The third-order valence-corrected chi connectivity index (χ3v) is 4.46. The molecule has 1 aliphatic heterocycles. The lowest BCUT2D eigenvalue weighted by molar-refractivity contribution is -0.384. The summed E-state index contributed by atoms with van der Waals surface area (Å²) in [5, 5.41) is 11.5. The van der Waals surface area contributed by atoms with E-state index in [1.807, 2.05) is 11.8 Å². The monoisotopic (exact) mass is 287 g/mol. The van der Waals surface area contributed by atoms with Crippen molar-refractivity contribution in [2.75, 3.05) is 23.7 Å². The average molecular weight is 288 g/mol. The third-order valence-electron chi connectivity index (χ3n) is 2.89. The Hall–Kier alpha value is -1.01. The fourth-order valence-corrected chi connectivity index (χ4v) is 3.29. The second-order valence-electron chi connectivity index (χ2n) is 4.11. The molecule has 1 unspecified atom stereocenters. The summed E-state index contributed by atoms with van der Waals surface area (Å²) in [6.45, 7) is 3.87. The van der Waals surface area contributed by atoms with Crippen molar-refractivity contribution < 1.29 is 4.92 Å². The summed E-state index contributed by atoms with van der Waals surface area (Å²) in [5.41, 5.74) is -0.00345. The summed E-state index contributed by atoms with van der Waals surface area (Å²) in [6, 6.07) is 2.77. The van der Waals surface area contributed by atoms with Gasteiger partial charge in [-0.05, 0) is 6.42 Å². The first kappa shape index (κ1) is 13.4. The van der Waals surface area contributed by atoms with Gasteiger partial charge in [0.1, 0.15) is 11.0 Å². The van der Waals surface area contributed by atoms with Crippen LogP contribution >= 0.6 is 23.4 Å². The highest BCUT2D eigenvalue weighted by Crippen LogP contribution is 2.28. The molecule has 0 N–H and O–H groups in total. The van der Waals surface area contributed by atoms with Crippen LogP contribution < -0.4 is 4.90 Å². The molecule has 0 bridgehead atoms. The van der Waals surface area contributed by atoms with Gasteiger partial charge in [0.25, 0.3) is 5.69 Å². The molecule has 0 amide bonds. The Morgan fingerprint density at radius 1 is 1.67 bits per heavy atom. The quantitative estimate of drug-likeness (QED) is 0.486. The molecule has 2 rings (SSSR count). The smallest absolute Gasteiger partial charge is 0.276 e. The number of hydrogen-bond donors (Lipinski definition) is 0. The van der Waals surface area contributed by atoms with E-state index in [0.717, 1.165) is 25.3 Å². The van der Waals surface area contributed by atoms with Crippen molar-refractivity contribution in [3.63, 3.8) is 0 Å². The van der Waals surface area contributed by atoms with Crippen LogP contribution in [0.25, 0.3) is 0 Å². The zero-order valence-electron chi connectivity index (χ0n) is 10.0. The lowest BCUT2D eigenvalue weighted by atomic mass is 10.3. The molecule has 0 aliphatic carbocycles. The molecular weight excluding hydrogens is 274 g/mol. The topological polar surface area (TPSA) is 59.3 Å². The van der Waals surface area contributed by atoms with E-state index in [1.54, 1.807) is 0 Å². The molecule has 2 heterocycles. The summed E-state index contributed by atoms with van der Waals surface area (Å²) >= 11 is 7.78. The van der Waals surface area contributed by atoms with Gasteiger partial charge in [-0.15, -0.1) is 0 Å². The van der Waals surface area contributed by atoms with Crippen LogP contribution in [0.4, 0.5) is 11.5 Å². The fourth-order valence-electron chi connectivity index (χ4n) is 1.91. The first-order chi connectivity index (χ1) is 8.60. The highest BCUT2D eigenvalue weighted by Gasteiger charge is 2.22. The zero-order valence-corrected chi connectivity index (χ0v) is 11.6. The van der Waals surface area contributed by atoms with E-state index in [-0.39, 0.29) is 10.8 Å². The zero-order chi connectivity index (χ0) is 13.1. The van der Waals surface area contributed by atoms with Gasteiger partial charge in [-0.25, -0.2) is 4.98 Å². The number of hydrogen-bond acceptors (Lipinski definition) is 5. The van der Waals surface area contributed by atoms with Crippen LogP contribution in [0.3, 0.4) is 0 Å². The predicted octanol–water partition coefficient (Wildman–Crippen LogP) is 2.98. The fraction of sp³-hybridized carbons (Fsp3) is 0.545. The molecule has 0 radical (unpaired) electrons. The van der Waals surface area contributed by atoms with E-state index in [2.05, 4.69) is 16.8 Å². The molecule has 1 atom stereocenters. The van der Waals surface area contributed by atoms with Gasteiger partial charge >= 0.3 is 0 Å². The summed E-state index contributed by atoms with van der Waals surface area (Å²) < 4.78 is 0. The van der Waals surface area contributed by atoms with Gasteiger partial charge in [-0.1, -0.05) is 18.5 Å². The van der Waals surface area contributed by atoms with Crippen LogP contribution in [0, 0.1) is 10.1 Å². The van der Waals surface area contributed by atoms with E-state index in [4.69, 9.17) is 11.6 Å². The highest BCUT2D eigenvalue weighted by atomic mass is 35.5. The van der Waals surface area contributed by atoms with Gasteiger partial charge in [0, 0.05) is 24.1 Å². The SMILES string of the molecule is CCC1CN(c2cc([N+](=O)[O-])cc(Cl)n2)CCS1. The van der Waals surface area contributed by atoms with Crippen LogP contribution in [0.5, 0.6) is 0 Å². The Balaban J connectivity index is 2.24. The van der Waals surface area contributed by atoms with Crippen molar-refractivity contribution in [1.82, 2.24) is 4.98 Å². The van der Waals surface area contributed by atoms with Crippen LogP contribution in [0.1, 0.15) is 13.3 Å². The Kier molecular flexibility index (Phi) is 4.29. The Labute approximate surface area is 115 Å².